The third-order valence-electron chi connectivity index (χ3n) is 3.43. The number of benzene rings is 1. The summed E-state index contributed by atoms with van der Waals surface area (Å²) in [5, 5.41) is 10.6. The van der Waals surface area contributed by atoms with Crippen molar-refractivity contribution in [1.29, 1.82) is 0 Å². The van der Waals surface area contributed by atoms with Gasteiger partial charge in [0, 0.05) is 25.2 Å². The molecule has 1 amide bonds. The van der Waals surface area contributed by atoms with Crippen LogP contribution in [0, 0.1) is 16.0 Å². The van der Waals surface area contributed by atoms with Gasteiger partial charge in [-0.15, -0.1) is 0 Å². The Bertz CT molecular complexity index is 497. The lowest BCUT2D eigenvalue weighted by atomic mass is 10.3. The minimum Gasteiger partial charge on any atom is -0.484 e. The third-order valence-corrected chi connectivity index (χ3v) is 3.43. The highest BCUT2D eigenvalue weighted by Gasteiger charge is 2.26. The van der Waals surface area contributed by atoms with Crippen LogP contribution in [-0.4, -0.2) is 35.4 Å². The quantitative estimate of drug-likeness (QED) is 0.545. The zero-order valence-corrected chi connectivity index (χ0v) is 12.2. The molecule has 0 aliphatic heterocycles. The third kappa shape index (κ3) is 4.73. The molecule has 0 unspecified atom stereocenters. The van der Waals surface area contributed by atoms with Crippen molar-refractivity contribution < 1.29 is 14.5 Å². The molecular weight excluding hydrogens is 272 g/mol. The average Bonchev–Trinajstić information content (AvgIpc) is 3.28. The topological polar surface area (TPSA) is 72.7 Å². The summed E-state index contributed by atoms with van der Waals surface area (Å²) < 4.78 is 5.42. The first-order valence-electron chi connectivity index (χ1n) is 7.25. The van der Waals surface area contributed by atoms with Crippen molar-refractivity contribution >= 4 is 11.6 Å². The fourth-order valence-electron chi connectivity index (χ4n) is 2.10. The van der Waals surface area contributed by atoms with Gasteiger partial charge in [0.1, 0.15) is 5.75 Å². The standard InChI is InChI=1S/C15H20N2O4/c1-2-9-16(10-12-3-4-12)15(18)11-21-14-7-5-13(6-8-14)17(19)20/h5-8,12H,2-4,9-11H2,1H3. The normalized spacial score (nSPS) is 13.8. The van der Waals surface area contributed by atoms with Crippen LogP contribution < -0.4 is 4.74 Å². The summed E-state index contributed by atoms with van der Waals surface area (Å²) in [5.74, 6) is 1.10. The molecule has 1 aromatic rings. The number of nitro groups is 1. The van der Waals surface area contributed by atoms with E-state index >= 15 is 0 Å². The van der Waals surface area contributed by atoms with E-state index < -0.39 is 4.92 Å². The Balaban J connectivity index is 1.84. The largest absolute Gasteiger partial charge is 0.484 e. The Hall–Kier alpha value is -2.11. The zero-order chi connectivity index (χ0) is 15.2. The summed E-state index contributed by atoms with van der Waals surface area (Å²) >= 11 is 0. The number of carbonyl (C=O) groups is 1. The maximum atomic E-state index is 12.1. The molecule has 0 atom stereocenters. The van der Waals surface area contributed by atoms with Crippen LogP contribution in [0.2, 0.25) is 0 Å². The Morgan fingerprint density at radius 3 is 2.57 bits per heavy atom. The number of hydrogen-bond donors (Lipinski definition) is 0. The van der Waals surface area contributed by atoms with Crippen LogP contribution in [0.4, 0.5) is 5.69 Å². The van der Waals surface area contributed by atoms with Crippen molar-refractivity contribution in [2.45, 2.75) is 26.2 Å². The van der Waals surface area contributed by atoms with Gasteiger partial charge in [0.05, 0.1) is 4.92 Å². The second kappa shape index (κ2) is 7.06. The molecule has 114 valence electrons. The number of nitro benzene ring substituents is 1. The average molecular weight is 292 g/mol. The van der Waals surface area contributed by atoms with Gasteiger partial charge in [-0.25, -0.2) is 0 Å². The van der Waals surface area contributed by atoms with Crippen molar-refractivity contribution in [2.24, 2.45) is 5.92 Å². The van der Waals surface area contributed by atoms with Crippen molar-refractivity contribution in [2.75, 3.05) is 19.7 Å². The van der Waals surface area contributed by atoms with Gasteiger partial charge in [-0.3, -0.25) is 14.9 Å². The fraction of sp³-hybridized carbons (Fsp3) is 0.533. The Morgan fingerprint density at radius 2 is 2.05 bits per heavy atom. The van der Waals surface area contributed by atoms with Gasteiger partial charge in [-0.05, 0) is 37.3 Å². The van der Waals surface area contributed by atoms with Gasteiger partial charge >= 0.3 is 0 Å². The number of ether oxygens (including phenoxy) is 1. The highest BCUT2D eigenvalue weighted by atomic mass is 16.6. The van der Waals surface area contributed by atoms with Crippen LogP contribution in [0.5, 0.6) is 5.75 Å². The van der Waals surface area contributed by atoms with Gasteiger partial charge < -0.3 is 9.64 Å². The summed E-state index contributed by atoms with van der Waals surface area (Å²) in [5.41, 5.74) is 0.00928. The summed E-state index contributed by atoms with van der Waals surface area (Å²) in [6.45, 7) is 3.59. The minimum atomic E-state index is -0.465. The van der Waals surface area contributed by atoms with Gasteiger partial charge in [0.25, 0.3) is 11.6 Å². The van der Waals surface area contributed by atoms with E-state index in [-0.39, 0.29) is 18.2 Å². The van der Waals surface area contributed by atoms with E-state index in [1.807, 2.05) is 11.8 Å². The lowest BCUT2D eigenvalue weighted by Gasteiger charge is -2.22. The number of nitrogens with zero attached hydrogens (tertiary/aromatic N) is 2. The number of rotatable bonds is 8. The van der Waals surface area contributed by atoms with E-state index in [0.29, 0.717) is 11.7 Å². The van der Waals surface area contributed by atoms with E-state index in [1.165, 1.54) is 37.1 Å². The highest BCUT2D eigenvalue weighted by Crippen LogP contribution is 2.29. The molecule has 1 aromatic carbocycles. The maximum Gasteiger partial charge on any atom is 0.269 e. The maximum absolute atomic E-state index is 12.1. The minimum absolute atomic E-state index is 0.00928. The van der Waals surface area contributed by atoms with Crippen LogP contribution in [-0.2, 0) is 4.79 Å². The van der Waals surface area contributed by atoms with Crippen molar-refractivity contribution in [3.63, 3.8) is 0 Å². The van der Waals surface area contributed by atoms with Crippen molar-refractivity contribution in [3.8, 4) is 5.75 Å². The van der Waals surface area contributed by atoms with Crippen LogP contribution in [0.1, 0.15) is 26.2 Å². The van der Waals surface area contributed by atoms with Gasteiger partial charge in [-0.2, -0.15) is 0 Å². The first-order chi connectivity index (χ1) is 10.1. The molecule has 0 heterocycles. The fourth-order valence-corrected chi connectivity index (χ4v) is 2.10. The van der Waals surface area contributed by atoms with Gasteiger partial charge in [0.2, 0.25) is 0 Å². The smallest absolute Gasteiger partial charge is 0.269 e. The zero-order valence-electron chi connectivity index (χ0n) is 12.2. The van der Waals surface area contributed by atoms with E-state index in [2.05, 4.69) is 0 Å². The monoisotopic (exact) mass is 292 g/mol. The van der Waals surface area contributed by atoms with Crippen molar-refractivity contribution in [3.05, 3.63) is 34.4 Å². The Morgan fingerprint density at radius 1 is 1.38 bits per heavy atom. The number of carbonyl (C=O) groups excluding carboxylic acids is 1. The first kappa shape index (κ1) is 15.3. The molecule has 0 spiro atoms. The molecule has 0 radical (unpaired) electrons. The second-order valence-electron chi connectivity index (χ2n) is 5.32. The summed E-state index contributed by atoms with van der Waals surface area (Å²) in [6, 6.07) is 5.76. The molecule has 2 rings (SSSR count). The number of non-ortho nitro benzene ring substituents is 1. The van der Waals surface area contributed by atoms with Gasteiger partial charge in [-0.1, -0.05) is 6.92 Å². The van der Waals surface area contributed by atoms with Crippen LogP contribution in [0.3, 0.4) is 0 Å². The molecule has 1 aliphatic rings. The van der Waals surface area contributed by atoms with Gasteiger partial charge in [0.15, 0.2) is 6.61 Å². The molecule has 0 aromatic heterocycles. The summed E-state index contributed by atoms with van der Waals surface area (Å²) in [6.07, 6.45) is 3.34. The molecule has 6 heteroatoms. The molecule has 21 heavy (non-hydrogen) atoms. The highest BCUT2D eigenvalue weighted by molar-refractivity contribution is 5.77. The van der Waals surface area contributed by atoms with E-state index in [9.17, 15) is 14.9 Å². The summed E-state index contributed by atoms with van der Waals surface area (Å²) in [4.78, 5) is 24.1. The van der Waals surface area contributed by atoms with Crippen LogP contribution in [0.15, 0.2) is 24.3 Å². The number of hydrogen-bond acceptors (Lipinski definition) is 4. The van der Waals surface area contributed by atoms with E-state index in [4.69, 9.17) is 4.74 Å². The molecule has 0 bridgehead atoms. The van der Waals surface area contributed by atoms with Crippen LogP contribution in [0.25, 0.3) is 0 Å². The number of amides is 1. The second-order valence-corrected chi connectivity index (χ2v) is 5.32. The lowest BCUT2D eigenvalue weighted by Crippen LogP contribution is -2.37. The van der Waals surface area contributed by atoms with Crippen molar-refractivity contribution in [1.82, 2.24) is 4.90 Å². The van der Waals surface area contributed by atoms with E-state index in [1.54, 1.807) is 0 Å². The predicted octanol–water partition coefficient (Wildman–Crippen LogP) is 2.62. The SMILES string of the molecule is CCCN(CC1CC1)C(=O)COc1ccc([N+](=O)[O-])cc1. The molecular formula is C15H20N2O4. The Labute approximate surface area is 123 Å². The van der Waals surface area contributed by atoms with Crippen LogP contribution >= 0.6 is 0 Å². The predicted molar refractivity (Wildman–Crippen MR) is 78.2 cm³/mol. The molecule has 0 N–H and O–H groups in total. The summed E-state index contributed by atoms with van der Waals surface area (Å²) in [7, 11) is 0. The molecule has 1 aliphatic carbocycles. The molecule has 1 saturated carbocycles. The Kier molecular flexibility index (Phi) is 5.14. The molecule has 1 fully saturated rings. The van der Waals surface area contributed by atoms with E-state index in [0.717, 1.165) is 19.5 Å². The molecule has 6 nitrogen and oxygen atoms in total. The first-order valence-corrected chi connectivity index (χ1v) is 7.25. The lowest BCUT2D eigenvalue weighted by molar-refractivity contribution is -0.384. The molecule has 0 saturated heterocycles.